The fourth-order valence-electron chi connectivity index (χ4n) is 4.52. The van der Waals surface area contributed by atoms with Gasteiger partial charge in [0.2, 0.25) is 10.0 Å². The lowest BCUT2D eigenvalue weighted by molar-refractivity contribution is -0.137. The molecule has 0 radical (unpaired) electrons. The minimum absolute atomic E-state index is 0.123. The Morgan fingerprint density at radius 3 is 2.24 bits per heavy atom. The van der Waals surface area contributed by atoms with Crippen LogP contribution in [0.2, 0.25) is 0 Å². The third kappa shape index (κ3) is 7.64. The molecule has 0 aliphatic carbocycles. The van der Waals surface area contributed by atoms with Crippen molar-refractivity contribution in [3.8, 4) is 5.75 Å². The van der Waals surface area contributed by atoms with Crippen molar-refractivity contribution in [3.63, 3.8) is 0 Å². The molecule has 8 nitrogen and oxygen atoms in total. The highest BCUT2D eigenvalue weighted by atomic mass is 32.2. The van der Waals surface area contributed by atoms with Crippen molar-refractivity contribution in [1.82, 2.24) is 9.21 Å². The fourth-order valence-corrected chi connectivity index (χ4v) is 5.99. The molecule has 4 rings (SSSR count). The molecular weight excluding hydrogens is 561 g/mol. The van der Waals surface area contributed by atoms with Gasteiger partial charge in [-0.25, -0.2) is 13.2 Å². The summed E-state index contributed by atoms with van der Waals surface area (Å²) >= 11 is 0. The Hall–Kier alpha value is -3.45. The van der Waals surface area contributed by atoms with Gasteiger partial charge in [-0.05, 0) is 53.6 Å². The quantitative estimate of drug-likeness (QED) is 0.314. The average molecular weight is 593 g/mol. The molecule has 0 N–H and O–H groups in total. The van der Waals surface area contributed by atoms with E-state index in [9.17, 15) is 26.4 Å². The molecule has 1 heterocycles. The Balaban J connectivity index is 1.44. The topological polar surface area (TPSA) is 85.4 Å². The molecule has 1 aliphatic rings. The van der Waals surface area contributed by atoms with E-state index in [4.69, 9.17) is 14.2 Å². The number of carbonyl (C=O) groups excluding carboxylic acids is 1. The number of methoxy groups -OCH3 is 2. The number of piperazine rings is 1. The van der Waals surface area contributed by atoms with Crippen molar-refractivity contribution in [1.29, 1.82) is 0 Å². The summed E-state index contributed by atoms with van der Waals surface area (Å²) in [6, 6.07) is 18.2. The number of ether oxygens (including phenoxy) is 3. The standard InChI is InChI=1S/C29H31F3N2O6S/c1-38-25-7-3-5-23(17-25)27(40-20-21-9-11-22(12-10-21)28(35)39-2)19-33-13-15-34(16-14-33)41(36,37)26-8-4-6-24(18-26)29(30,31)32/h3-12,17-18,27H,13-16,19-20H2,1-2H3/t27-/m1/s1. The van der Waals surface area contributed by atoms with E-state index in [0.29, 0.717) is 37.0 Å². The normalized spacial score (nSPS) is 15.8. The molecule has 220 valence electrons. The van der Waals surface area contributed by atoms with E-state index >= 15 is 0 Å². The van der Waals surface area contributed by atoms with Crippen LogP contribution in [0.3, 0.4) is 0 Å². The molecule has 0 unspecified atom stereocenters. The van der Waals surface area contributed by atoms with Crippen LogP contribution in [0.1, 0.15) is 33.2 Å². The molecular formula is C29H31F3N2O6S. The maximum Gasteiger partial charge on any atom is 0.416 e. The van der Waals surface area contributed by atoms with Crippen LogP contribution in [0.25, 0.3) is 0 Å². The van der Waals surface area contributed by atoms with Gasteiger partial charge in [-0.15, -0.1) is 0 Å². The molecule has 3 aromatic carbocycles. The number of carbonyl (C=O) groups is 1. The van der Waals surface area contributed by atoms with Crippen LogP contribution < -0.4 is 4.74 Å². The van der Waals surface area contributed by atoms with Crippen molar-refractivity contribution < 1.29 is 40.6 Å². The molecule has 0 amide bonds. The van der Waals surface area contributed by atoms with Crippen LogP contribution in [-0.2, 0) is 32.3 Å². The first-order valence-corrected chi connectivity index (χ1v) is 14.3. The summed E-state index contributed by atoms with van der Waals surface area (Å²) in [7, 11) is -1.20. The van der Waals surface area contributed by atoms with Crippen LogP contribution >= 0.6 is 0 Å². The van der Waals surface area contributed by atoms with Crippen molar-refractivity contribution in [2.45, 2.75) is 23.8 Å². The highest BCUT2D eigenvalue weighted by Gasteiger charge is 2.34. The smallest absolute Gasteiger partial charge is 0.416 e. The van der Waals surface area contributed by atoms with Gasteiger partial charge in [0.15, 0.2) is 0 Å². The van der Waals surface area contributed by atoms with Gasteiger partial charge in [0.05, 0.1) is 43.0 Å². The summed E-state index contributed by atoms with van der Waals surface area (Å²) in [5.74, 6) is 0.233. The van der Waals surface area contributed by atoms with Crippen LogP contribution in [0.15, 0.2) is 77.7 Å². The van der Waals surface area contributed by atoms with Gasteiger partial charge >= 0.3 is 12.1 Å². The highest BCUT2D eigenvalue weighted by molar-refractivity contribution is 7.89. The van der Waals surface area contributed by atoms with Crippen LogP contribution in [0, 0.1) is 0 Å². The van der Waals surface area contributed by atoms with E-state index in [1.165, 1.54) is 17.5 Å². The molecule has 3 aromatic rings. The largest absolute Gasteiger partial charge is 0.497 e. The minimum atomic E-state index is -4.64. The van der Waals surface area contributed by atoms with Crippen molar-refractivity contribution in [2.75, 3.05) is 46.9 Å². The molecule has 0 aromatic heterocycles. The third-order valence-corrected chi connectivity index (χ3v) is 8.74. The molecule has 12 heteroatoms. The maximum absolute atomic E-state index is 13.1. The summed E-state index contributed by atoms with van der Waals surface area (Å²) in [5.41, 5.74) is 1.14. The van der Waals surface area contributed by atoms with Crippen LogP contribution in [-0.4, -0.2) is 70.5 Å². The first-order valence-electron chi connectivity index (χ1n) is 12.8. The number of esters is 1. The van der Waals surface area contributed by atoms with E-state index in [2.05, 4.69) is 4.90 Å². The van der Waals surface area contributed by atoms with Crippen LogP contribution in [0.5, 0.6) is 5.75 Å². The molecule has 1 atom stereocenters. The maximum atomic E-state index is 13.1. The van der Waals surface area contributed by atoms with Gasteiger partial charge in [0.25, 0.3) is 0 Å². The highest BCUT2D eigenvalue weighted by Crippen LogP contribution is 2.31. The zero-order valence-electron chi connectivity index (χ0n) is 22.6. The first-order chi connectivity index (χ1) is 19.5. The van der Waals surface area contributed by atoms with E-state index in [0.717, 1.165) is 23.3 Å². The monoisotopic (exact) mass is 592 g/mol. The first kappa shape index (κ1) is 30.5. The van der Waals surface area contributed by atoms with Crippen molar-refractivity contribution >= 4 is 16.0 Å². The molecule has 1 fully saturated rings. The number of rotatable bonds is 10. The molecule has 0 bridgehead atoms. The van der Waals surface area contributed by atoms with Gasteiger partial charge in [0, 0.05) is 32.7 Å². The summed E-state index contributed by atoms with van der Waals surface area (Å²) in [6.45, 7) is 1.70. The Labute approximate surface area is 237 Å². The van der Waals surface area contributed by atoms with Gasteiger partial charge in [-0.2, -0.15) is 17.5 Å². The molecule has 41 heavy (non-hydrogen) atoms. The Morgan fingerprint density at radius 2 is 1.61 bits per heavy atom. The molecule has 0 spiro atoms. The SMILES string of the molecule is COC(=O)c1ccc(CO[C@H](CN2CCN(S(=O)(=O)c3cccc(C(F)(F)F)c3)CC2)c2cccc(OC)c2)cc1. The second-order valence-electron chi connectivity index (χ2n) is 9.50. The zero-order valence-corrected chi connectivity index (χ0v) is 23.5. The van der Waals surface area contributed by atoms with Gasteiger partial charge in [-0.1, -0.05) is 30.3 Å². The number of nitrogens with zero attached hydrogens (tertiary/aromatic N) is 2. The fraction of sp³-hybridized carbons (Fsp3) is 0.345. The minimum Gasteiger partial charge on any atom is -0.497 e. The van der Waals surface area contributed by atoms with E-state index in [1.54, 1.807) is 31.4 Å². The predicted octanol–water partition coefficient (Wildman–Crippen LogP) is 4.77. The van der Waals surface area contributed by atoms with Gasteiger partial charge in [-0.3, -0.25) is 4.90 Å². The summed E-state index contributed by atoms with van der Waals surface area (Å²) in [4.78, 5) is 13.4. The Morgan fingerprint density at radius 1 is 0.927 bits per heavy atom. The summed E-state index contributed by atoms with van der Waals surface area (Å²) < 4.78 is 83.3. The zero-order chi connectivity index (χ0) is 29.6. The lowest BCUT2D eigenvalue weighted by Gasteiger charge is -2.36. The molecule has 0 saturated carbocycles. The molecule has 1 saturated heterocycles. The summed E-state index contributed by atoms with van der Waals surface area (Å²) in [6.07, 6.45) is -5.03. The Kier molecular flexibility index (Phi) is 9.69. The Bertz CT molecular complexity index is 1440. The number of sulfonamides is 1. The predicted molar refractivity (Wildman–Crippen MR) is 145 cm³/mol. The summed E-state index contributed by atoms with van der Waals surface area (Å²) in [5, 5.41) is 0. The average Bonchev–Trinajstić information content (AvgIpc) is 2.99. The second kappa shape index (κ2) is 13.0. The van der Waals surface area contributed by atoms with E-state index < -0.39 is 33.8 Å². The number of hydrogen-bond donors (Lipinski definition) is 0. The third-order valence-electron chi connectivity index (χ3n) is 6.85. The lowest BCUT2D eigenvalue weighted by atomic mass is 10.1. The number of benzene rings is 3. The van der Waals surface area contributed by atoms with Crippen LogP contribution in [0.4, 0.5) is 13.2 Å². The van der Waals surface area contributed by atoms with Crippen molar-refractivity contribution in [2.24, 2.45) is 0 Å². The van der Waals surface area contributed by atoms with Gasteiger partial charge in [0.1, 0.15) is 5.75 Å². The molecule has 1 aliphatic heterocycles. The number of hydrogen-bond acceptors (Lipinski definition) is 7. The van der Waals surface area contributed by atoms with Crippen molar-refractivity contribution in [3.05, 3.63) is 95.1 Å². The number of halogens is 3. The van der Waals surface area contributed by atoms with Gasteiger partial charge < -0.3 is 14.2 Å². The number of alkyl halides is 3. The lowest BCUT2D eigenvalue weighted by Crippen LogP contribution is -2.49. The second-order valence-corrected chi connectivity index (χ2v) is 11.4. The van der Waals surface area contributed by atoms with E-state index in [1.807, 2.05) is 24.3 Å². The van der Waals surface area contributed by atoms with E-state index in [-0.39, 0.29) is 24.6 Å².